The molecule has 0 radical (unpaired) electrons. The first-order chi connectivity index (χ1) is 16.9. The first-order valence-electron chi connectivity index (χ1n) is 12.1. The molecule has 3 aromatic rings. The highest BCUT2D eigenvalue weighted by molar-refractivity contribution is 7.80. The quantitative estimate of drug-likeness (QED) is 0.481. The number of hydrogen-bond donors (Lipinski definition) is 1. The first kappa shape index (κ1) is 25.9. The SMILES string of the molecule is CCN(CC)c1ccc(N=C2C(CS(=O)O)=Nn3c2nc(-c2cc(C)n(C)n2)c3C(C)(C)C)c(C)n1. The number of aryl methyl sites for hydroxylation is 3. The van der Waals surface area contributed by atoms with E-state index in [1.54, 1.807) is 4.68 Å². The Labute approximate surface area is 214 Å². The second kappa shape index (κ2) is 9.70. The lowest BCUT2D eigenvalue weighted by molar-refractivity contribution is 0.541. The van der Waals surface area contributed by atoms with E-state index in [9.17, 15) is 8.76 Å². The van der Waals surface area contributed by atoms with Gasteiger partial charge in [0.05, 0.1) is 22.8 Å². The molecule has 0 bridgehead atoms. The largest absolute Gasteiger partial charge is 0.357 e. The lowest BCUT2D eigenvalue weighted by atomic mass is 9.90. The summed E-state index contributed by atoms with van der Waals surface area (Å²) in [5.74, 6) is 1.28. The van der Waals surface area contributed by atoms with Gasteiger partial charge in [-0.05, 0) is 45.9 Å². The molecule has 1 aliphatic rings. The van der Waals surface area contributed by atoms with Crippen LogP contribution in [0.1, 0.15) is 57.5 Å². The standard InChI is InChI=1S/C25H34N8O2S/c1-9-32(10-2)20-12-11-17(16(4)26-20)27-22-19(14-36(34)35)30-33-23(25(5,6)7)21(28-24(22)33)18-13-15(3)31(8)29-18/h11-13H,9-10,14H2,1-8H3,(H,34,35). The van der Waals surface area contributed by atoms with Crippen LogP contribution in [0.3, 0.4) is 0 Å². The highest BCUT2D eigenvalue weighted by Gasteiger charge is 2.36. The third-order valence-electron chi connectivity index (χ3n) is 6.25. The summed E-state index contributed by atoms with van der Waals surface area (Å²) in [5.41, 5.74) is 5.37. The van der Waals surface area contributed by atoms with Crippen molar-refractivity contribution in [3.63, 3.8) is 0 Å². The summed E-state index contributed by atoms with van der Waals surface area (Å²) in [6.07, 6.45) is 0. The average Bonchev–Trinajstić information content (AvgIpc) is 3.42. The Bertz CT molecular complexity index is 1370. The molecular formula is C25H34N8O2S. The number of anilines is 1. The predicted octanol–water partition coefficient (Wildman–Crippen LogP) is 4.00. The van der Waals surface area contributed by atoms with Gasteiger partial charge in [-0.1, -0.05) is 20.8 Å². The summed E-state index contributed by atoms with van der Waals surface area (Å²) < 4.78 is 25.1. The molecule has 1 aliphatic heterocycles. The van der Waals surface area contributed by atoms with Crippen molar-refractivity contribution in [1.82, 2.24) is 24.4 Å². The lowest BCUT2D eigenvalue weighted by Crippen LogP contribution is -2.23. The maximum Gasteiger partial charge on any atom is 0.182 e. The van der Waals surface area contributed by atoms with E-state index in [2.05, 4.69) is 44.6 Å². The fourth-order valence-electron chi connectivity index (χ4n) is 4.32. The van der Waals surface area contributed by atoms with Gasteiger partial charge in [0, 0.05) is 31.2 Å². The molecule has 0 aliphatic carbocycles. The summed E-state index contributed by atoms with van der Waals surface area (Å²) >= 11 is -2.08. The van der Waals surface area contributed by atoms with E-state index in [1.807, 2.05) is 43.8 Å². The Kier molecular flexibility index (Phi) is 6.98. The number of fused-ring (bicyclic) bond motifs is 1. The van der Waals surface area contributed by atoms with Crippen LogP contribution in [-0.4, -0.2) is 63.5 Å². The highest BCUT2D eigenvalue weighted by Crippen LogP contribution is 2.36. The Morgan fingerprint density at radius 1 is 1.14 bits per heavy atom. The molecule has 0 saturated heterocycles. The Morgan fingerprint density at radius 2 is 1.83 bits per heavy atom. The van der Waals surface area contributed by atoms with Crippen LogP contribution in [0.2, 0.25) is 0 Å². The third-order valence-corrected chi connectivity index (χ3v) is 6.77. The fourth-order valence-corrected chi connectivity index (χ4v) is 4.75. The Morgan fingerprint density at radius 3 is 2.36 bits per heavy atom. The smallest absolute Gasteiger partial charge is 0.182 e. The van der Waals surface area contributed by atoms with Gasteiger partial charge in [-0.25, -0.2) is 23.8 Å². The average molecular weight is 511 g/mol. The van der Waals surface area contributed by atoms with Crippen molar-refractivity contribution >= 4 is 34.0 Å². The van der Waals surface area contributed by atoms with Crippen molar-refractivity contribution < 1.29 is 8.76 Å². The molecular weight excluding hydrogens is 476 g/mol. The summed E-state index contributed by atoms with van der Waals surface area (Å²) in [6.45, 7) is 16.1. The van der Waals surface area contributed by atoms with Crippen molar-refractivity contribution in [1.29, 1.82) is 0 Å². The van der Waals surface area contributed by atoms with Crippen LogP contribution in [0, 0.1) is 13.8 Å². The number of aliphatic imine (C=N–C) groups is 1. The molecule has 4 heterocycles. The molecule has 1 N–H and O–H groups in total. The molecule has 0 saturated carbocycles. The Hall–Kier alpha value is -3.18. The van der Waals surface area contributed by atoms with E-state index in [0.29, 0.717) is 22.9 Å². The molecule has 10 nitrogen and oxygen atoms in total. The zero-order chi connectivity index (χ0) is 26.4. The number of aromatic nitrogens is 5. The van der Waals surface area contributed by atoms with E-state index in [4.69, 9.17) is 20.1 Å². The third kappa shape index (κ3) is 4.77. The normalized spacial score (nSPS) is 15.4. The highest BCUT2D eigenvalue weighted by atomic mass is 32.2. The van der Waals surface area contributed by atoms with Crippen LogP contribution in [0.25, 0.3) is 11.4 Å². The number of nitrogens with zero attached hydrogens (tertiary/aromatic N) is 8. The zero-order valence-corrected chi connectivity index (χ0v) is 23.0. The Balaban J connectivity index is 1.91. The monoisotopic (exact) mass is 510 g/mol. The van der Waals surface area contributed by atoms with Crippen LogP contribution in [0.4, 0.5) is 11.5 Å². The molecule has 0 fully saturated rings. The maximum atomic E-state index is 11.8. The van der Waals surface area contributed by atoms with E-state index in [1.165, 1.54) is 0 Å². The fraction of sp³-hybridized carbons (Fsp3) is 0.480. The molecule has 0 aromatic carbocycles. The van der Waals surface area contributed by atoms with Gasteiger partial charge in [0.25, 0.3) is 0 Å². The number of pyridine rings is 1. The summed E-state index contributed by atoms with van der Waals surface area (Å²) in [6, 6.07) is 5.87. The number of hydrogen-bond acceptors (Lipinski definition) is 7. The second-order valence-corrected chi connectivity index (χ2v) is 10.8. The van der Waals surface area contributed by atoms with Gasteiger partial charge >= 0.3 is 0 Å². The topological polar surface area (TPSA) is 114 Å². The van der Waals surface area contributed by atoms with Crippen molar-refractivity contribution in [3.8, 4) is 11.4 Å². The van der Waals surface area contributed by atoms with Crippen molar-refractivity contribution in [2.75, 3.05) is 23.7 Å². The molecule has 36 heavy (non-hydrogen) atoms. The summed E-state index contributed by atoms with van der Waals surface area (Å²) in [4.78, 5) is 16.8. The maximum absolute atomic E-state index is 11.8. The van der Waals surface area contributed by atoms with Gasteiger partial charge in [0.15, 0.2) is 16.9 Å². The second-order valence-electron chi connectivity index (χ2n) is 9.91. The lowest BCUT2D eigenvalue weighted by Gasteiger charge is -2.20. The van der Waals surface area contributed by atoms with Crippen LogP contribution in [0.5, 0.6) is 0 Å². The van der Waals surface area contributed by atoms with Gasteiger partial charge < -0.3 is 9.45 Å². The summed E-state index contributed by atoms with van der Waals surface area (Å²) in [7, 11) is 1.90. The van der Waals surface area contributed by atoms with Crippen LogP contribution in [-0.2, 0) is 23.5 Å². The van der Waals surface area contributed by atoms with E-state index < -0.39 is 11.1 Å². The minimum Gasteiger partial charge on any atom is -0.357 e. The molecule has 3 aromatic heterocycles. The van der Waals surface area contributed by atoms with Gasteiger partial charge in [0.2, 0.25) is 0 Å². The predicted molar refractivity (Wildman–Crippen MR) is 145 cm³/mol. The first-order valence-corrected chi connectivity index (χ1v) is 13.3. The molecule has 0 amide bonds. The van der Waals surface area contributed by atoms with Gasteiger partial charge in [0.1, 0.15) is 28.6 Å². The van der Waals surface area contributed by atoms with Crippen LogP contribution >= 0.6 is 0 Å². The molecule has 11 heteroatoms. The molecule has 4 rings (SSSR count). The van der Waals surface area contributed by atoms with Gasteiger partial charge in [-0.3, -0.25) is 4.68 Å². The minimum atomic E-state index is -2.08. The van der Waals surface area contributed by atoms with Crippen molar-refractivity contribution in [2.24, 2.45) is 17.1 Å². The van der Waals surface area contributed by atoms with E-state index in [0.717, 1.165) is 47.4 Å². The number of rotatable bonds is 7. The zero-order valence-electron chi connectivity index (χ0n) is 22.2. The van der Waals surface area contributed by atoms with Crippen molar-refractivity contribution in [3.05, 3.63) is 41.1 Å². The molecule has 1 unspecified atom stereocenters. The van der Waals surface area contributed by atoms with E-state index >= 15 is 0 Å². The van der Waals surface area contributed by atoms with Crippen LogP contribution in [0.15, 0.2) is 28.3 Å². The molecule has 1 atom stereocenters. The van der Waals surface area contributed by atoms with Crippen molar-refractivity contribution in [2.45, 2.75) is 53.9 Å². The molecule has 0 spiro atoms. The van der Waals surface area contributed by atoms with Gasteiger partial charge in [-0.15, -0.1) is 0 Å². The van der Waals surface area contributed by atoms with E-state index in [-0.39, 0.29) is 11.2 Å². The minimum absolute atomic E-state index is 0.145. The number of imidazole rings is 1. The summed E-state index contributed by atoms with van der Waals surface area (Å²) in [5, 5.41) is 9.39. The van der Waals surface area contributed by atoms with Crippen LogP contribution < -0.4 is 4.90 Å². The molecule has 192 valence electrons. The van der Waals surface area contributed by atoms with Gasteiger partial charge in [-0.2, -0.15) is 10.2 Å².